The summed E-state index contributed by atoms with van der Waals surface area (Å²) in [5.41, 5.74) is 1.90. The molecule has 0 fully saturated rings. The highest BCUT2D eigenvalue weighted by Gasteiger charge is 1.97. The van der Waals surface area contributed by atoms with Gasteiger partial charge in [-0.15, -0.1) is 0 Å². The van der Waals surface area contributed by atoms with Gasteiger partial charge in [-0.1, -0.05) is 0 Å². The molecule has 1 aromatic heterocycles. The Balaban J connectivity index is 2.40. The molecule has 1 heterocycles. The number of aromatic nitrogens is 1. The van der Waals surface area contributed by atoms with Crippen LogP contribution in [0.3, 0.4) is 0 Å². The van der Waals surface area contributed by atoms with Gasteiger partial charge in [0.2, 0.25) is 0 Å². The molecule has 1 aromatic rings. The Morgan fingerprint density at radius 1 is 1.50 bits per heavy atom. The zero-order valence-electron chi connectivity index (χ0n) is 9.56. The first-order chi connectivity index (χ1) is 7.72. The predicted molar refractivity (Wildman–Crippen MR) is 61.5 cm³/mol. The summed E-state index contributed by atoms with van der Waals surface area (Å²) in [4.78, 5) is 15.0. The average Bonchev–Trinajstić information content (AvgIpc) is 2.28. The summed E-state index contributed by atoms with van der Waals surface area (Å²) in [5, 5.41) is 3.12. The van der Waals surface area contributed by atoms with Gasteiger partial charge in [0.1, 0.15) is 0 Å². The number of carbonyl (C=O) groups excluding carboxylic acids is 1. The lowest BCUT2D eigenvalue weighted by molar-refractivity contribution is -0.137. The summed E-state index contributed by atoms with van der Waals surface area (Å²) in [6, 6.07) is 3.84. The first kappa shape index (κ1) is 12.2. The number of ether oxygens (including phenoxy) is 1. The lowest BCUT2D eigenvalue weighted by atomic mass is 10.2. The second kappa shape index (κ2) is 6.61. The van der Waals surface area contributed by atoms with Crippen molar-refractivity contribution in [1.29, 1.82) is 0 Å². The van der Waals surface area contributed by atoms with Gasteiger partial charge in [0.05, 0.1) is 6.61 Å². The number of rotatable bonds is 5. The maximum Gasteiger partial charge on any atom is 0.332 e. The Bertz CT molecular complexity index is 361. The molecule has 0 saturated heterocycles. The van der Waals surface area contributed by atoms with Gasteiger partial charge in [-0.3, -0.25) is 4.98 Å². The van der Waals surface area contributed by atoms with Crippen LogP contribution in [0.2, 0.25) is 0 Å². The molecule has 1 N–H and O–H groups in total. The molecule has 0 aliphatic heterocycles. The van der Waals surface area contributed by atoms with Crippen molar-refractivity contribution in [2.24, 2.45) is 0 Å². The first-order valence-electron chi connectivity index (χ1n) is 5.20. The third-order valence-electron chi connectivity index (χ3n) is 1.94. The van der Waals surface area contributed by atoms with Crippen molar-refractivity contribution in [2.45, 2.75) is 20.4 Å². The van der Waals surface area contributed by atoms with Crippen LogP contribution in [-0.2, 0) is 16.1 Å². The average molecular weight is 220 g/mol. The van der Waals surface area contributed by atoms with Crippen LogP contribution in [0.4, 0.5) is 0 Å². The van der Waals surface area contributed by atoms with E-state index in [2.05, 4.69) is 10.3 Å². The maximum atomic E-state index is 11.1. The van der Waals surface area contributed by atoms with Gasteiger partial charge in [-0.25, -0.2) is 4.79 Å². The molecule has 0 spiro atoms. The number of nitrogens with zero attached hydrogens (tertiary/aromatic N) is 1. The van der Waals surface area contributed by atoms with E-state index in [4.69, 9.17) is 4.74 Å². The van der Waals surface area contributed by atoms with Crippen LogP contribution in [0.1, 0.15) is 19.4 Å². The topological polar surface area (TPSA) is 51.2 Å². The van der Waals surface area contributed by atoms with Crippen LogP contribution < -0.4 is 5.32 Å². The van der Waals surface area contributed by atoms with E-state index < -0.39 is 0 Å². The van der Waals surface area contributed by atoms with Gasteiger partial charge in [0.15, 0.2) is 0 Å². The van der Waals surface area contributed by atoms with E-state index in [-0.39, 0.29) is 5.97 Å². The molecule has 0 unspecified atom stereocenters. The van der Waals surface area contributed by atoms with Crippen LogP contribution in [0.5, 0.6) is 0 Å². The van der Waals surface area contributed by atoms with Crippen LogP contribution in [-0.4, -0.2) is 17.6 Å². The monoisotopic (exact) mass is 220 g/mol. The van der Waals surface area contributed by atoms with Crippen molar-refractivity contribution in [2.75, 3.05) is 6.61 Å². The fourth-order valence-electron chi connectivity index (χ4n) is 1.15. The SMILES string of the molecule is CCOC(=O)C=C(C)NCc1ccncc1. The van der Waals surface area contributed by atoms with Gasteiger partial charge in [-0.05, 0) is 31.5 Å². The molecule has 16 heavy (non-hydrogen) atoms. The highest BCUT2D eigenvalue weighted by molar-refractivity contribution is 5.82. The molecule has 86 valence electrons. The third-order valence-corrected chi connectivity index (χ3v) is 1.94. The molecule has 4 heteroatoms. The summed E-state index contributed by atoms with van der Waals surface area (Å²) in [7, 11) is 0. The van der Waals surface area contributed by atoms with E-state index >= 15 is 0 Å². The summed E-state index contributed by atoms with van der Waals surface area (Å²) in [6.07, 6.45) is 4.92. The fraction of sp³-hybridized carbons (Fsp3) is 0.333. The van der Waals surface area contributed by atoms with Crippen LogP contribution in [0.25, 0.3) is 0 Å². The molecule has 0 saturated carbocycles. The molecule has 4 nitrogen and oxygen atoms in total. The van der Waals surface area contributed by atoms with E-state index in [1.165, 1.54) is 6.08 Å². The smallest absolute Gasteiger partial charge is 0.332 e. The van der Waals surface area contributed by atoms with Gasteiger partial charge in [-0.2, -0.15) is 0 Å². The molecular formula is C12H16N2O2. The van der Waals surface area contributed by atoms with Crippen molar-refractivity contribution in [3.63, 3.8) is 0 Å². The van der Waals surface area contributed by atoms with Crippen molar-refractivity contribution in [1.82, 2.24) is 10.3 Å². The Hall–Kier alpha value is -1.84. The third kappa shape index (κ3) is 4.59. The number of hydrogen-bond donors (Lipinski definition) is 1. The van der Waals surface area contributed by atoms with E-state index in [1.807, 2.05) is 19.1 Å². The molecule has 0 aliphatic rings. The molecule has 0 bridgehead atoms. The Morgan fingerprint density at radius 3 is 2.81 bits per heavy atom. The molecular weight excluding hydrogens is 204 g/mol. The largest absolute Gasteiger partial charge is 0.463 e. The molecule has 0 aromatic carbocycles. The van der Waals surface area contributed by atoms with E-state index in [9.17, 15) is 4.79 Å². The quantitative estimate of drug-likeness (QED) is 0.605. The lowest BCUT2D eigenvalue weighted by Crippen LogP contribution is -2.12. The highest BCUT2D eigenvalue weighted by Crippen LogP contribution is 1.97. The van der Waals surface area contributed by atoms with Crippen molar-refractivity contribution in [3.05, 3.63) is 41.9 Å². The van der Waals surface area contributed by atoms with Crippen LogP contribution in [0.15, 0.2) is 36.3 Å². The molecule has 0 aliphatic carbocycles. The summed E-state index contributed by atoms with van der Waals surface area (Å²) in [6.45, 7) is 4.68. The Morgan fingerprint density at radius 2 is 2.19 bits per heavy atom. The lowest BCUT2D eigenvalue weighted by Gasteiger charge is -2.06. The van der Waals surface area contributed by atoms with E-state index in [1.54, 1.807) is 19.3 Å². The second-order valence-corrected chi connectivity index (χ2v) is 3.29. The molecule has 1 rings (SSSR count). The normalized spacial score (nSPS) is 11.0. The summed E-state index contributed by atoms with van der Waals surface area (Å²) < 4.78 is 4.80. The number of hydrogen-bond acceptors (Lipinski definition) is 4. The standard InChI is InChI=1S/C12H16N2O2/c1-3-16-12(15)8-10(2)14-9-11-4-6-13-7-5-11/h4-8,14H,3,9H2,1-2H3. The number of pyridine rings is 1. The van der Waals surface area contributed by atoms with Crippen LogP contribution in [0, 0.1) is 0 Å². The summed E-state index contributed by atoms with van der Waals surface area (Å²) in [5.74, 6) is -0.317. The van der Waals surface area contributed by atoms with E-state index in [0.717, 1.165) is 11.3 Å². The number of carbonyl (C=O) groups is 1. The number of nitrogens with one attached hydrogen (secondary N) is 1. The zero-order valence-corrected chi connectivity index (χ0v) is 9.56. The van der Waals surface area contributed by atoms with Gasteiger partial charge in [0.25, 0.3) is 0 Å². The van der Waals surface area contributed by atoms with E-state index in [0.29, 0.717) is 13.2 Å². The van der Waals surface area contributed by atoms with Crippen molar-refractivity contribution in [3.8, 4) is 0 Å². The fourth-order valence-corrected chi connectivity index (χ4v) is 1.15. The zero-order chi connectivity index (χ0) is 11.8. The highest BCUT2D eigenvalue weighted by atomic mass is 16.5. The molecule has 0 amide bonds. The molecule has 0 atom stereocenters. The minimum Gasteiger partial charge on any atom is -0.463 e. The summed E-state index contributed by atoms with van der Waals surface area (Å²) >= 11 is 0. The second-order valence-electron chi connectivity index (χ2n) is 3.29. The minimum absolute atomic E-state index is 0.317. The molecule has 0 radical (unpaired) electrons. The van der Waals surface area contributed by atoms with Gasteiger partial charge >= 0.3 is 5.97 Å². The van der Waals surface area contributed by atoms with Gasteiger partial charge in [0, 0.05) is 30.7 Å². The van der Waals surface area contributed by atoms with Gasteiger partial charge < -0.3 is 10.1 Å². The number of esters is 1. The van der Waals surface area contributed by atoms with Crippen molar-refractivity contribution >= 4 is 5.97 Å². The number of allylic oxidation sites excluding steroid dienone is 1. The maximum absolute atomic E-state index is 11.1. The van der Waals surface area contributed by atoms with Crippen molar-refractivity contribution < 1.29 is 9.53 Å². The first-order valence-corrected chi connectivity index (χ1v) is 5.20. The predicted octanol–water partition coefficient (Wildman–Crippen LogP) is 1.64. The minimum atomic E-state index is -0.317. The van der Waals surface area contributed by atoms with Crippen LogP contribution >= 0.6 is 0 Å². The Kier molecular flexibility index (Phi) is 5.05. The Labute approximate surface area is 95.3 Å².